The Kier molecular flexibility index (Phi) is 11.6. The van der Waals surface area contributed by atoms with Crippen molar-refractivity contribution in [1.82, 2.24) is 10.2 Å². The molecule has 9 nitrogen and oxygen atoms in total. The Morgan fingerprint density at radius 3 is 2.14 bits per heavy atom. The van der Waals surface area contributed by atoms with Crippen molar-refractivity contribution in [2.75, 3.05) is 25.1 Å². The number of nitrogens with zero attached hydrogens (tertiary/aromatic N) is 2. The molecule has 1 aliphatic carbocycles. The zero-order valence-corrected chi connectivity index (χ0v) is 28.8. The first-order valence-electron chi connectivity index (χ1n) is 16.3. The van der Waals surface area contributed by atoms with Gasteiger partial charge in [0.1, 0.15) is 18.4 Å². The average Bonchev–Trinajstić information content (AvgIpc) is 3.63. The van der Waals surface area contributed by atoms with Crippen molar-refractivity contribution >= 4 is 27.5 Å². The van der Waals surface area contributed by atoms with Gasteiger partial charge in [0.25, 0.3) is 10.0 Å². The number of hydrogen-bond acceptors (Lipinski definition) is 6. The first-order chi connectivity index (χ1) is 23.6. The average molecular weight is 688 g/mol. The summed E-state index contributed by atoms with van der Waals surface area (Å²) in [6, 6.07) is 25.1. The number of carbonyl (C=O) groups is 2. The molecule has 1 N–H and O–H groups in total. The van der Waals surface area contributed by atoms with Crippen LogP contribution in [0, 0.1) is 12.7 Å². The van der Waals surface area contributed by atoms with E-state index in [1.54, 1.807) is 0 Å². The van der Waals surface area contributed by atoms with Crippen LogP contribution < -0.4 is 19.1 Å². The van der Waals surface area contributed by atoms with E-state index in [1.165, 1.54) is 49.5 Å². The molecule has 0 spiro atoms. The van der Waals surface area contributed by atoms with Crippen molar-refractivity contribution in [2.24, 2.45) is 0 Å². The number of carbonyl (C=O) groups excluding carboxylic acids is 2. The number of benzene rings is 4. The molecule has 0 saturated heterocycles. The van der Waals surface area contributed by atoms with Gasteiger partial charge in [-0.3, -0.25) is 13.9 Å². The molecule has 0 aliphatic heterocycles. The Hall–Kier alpha value is -4.90. The lowest BCUT2D eigenvalue weighted by Gasteiger charge is -2.34. The van der Waals surface area contributed by atoms with Gasteiger partial charge in [-0.05, 0) is 67.3 Å². The Labute approximate surface area is 287 Å². The highest BCUT2D eigenvalue weighted by Gasteiger charge is 2.36. The summed E-state index contributed by atoms with van der Waals surface area (Å²) in [7, 11) is -1.60. The largest absolute Gasteiger partial charge is 0.493 e. The first kappa shape index (κ1) is 35.4. The molecule has 0 unspecified atom stereocenters. The van der Waals surface area contributed by atoms with Gasteiger partial charge in [0, 0.05) is 25.1 Å². The monoisotopic (exact) mass is 687 g/mol. The summed E-state index contributed by atoms with van der Waals surface area (Å²) in [5.41, 5.74) is 2.74. The van der Waals surface area contributed by atoms with E-state index in [0.717, 1.165) is 58.8 Å². The maximum Gasteiger partial charge on any atom is 0.264 e. The van der Waals surface area contributed by atoms with Crippen molar-refractivity contribution < 1.29 is 31.9 Å². The molecule has 0 bridgehead atoms. The molecule has 0 aromatic heterocycles. The molecule has 5 rings (SSSR count). The first-order valence-corrected chi connectivity index (χ1v) is 17.7. The van der Waals surface area contributed by atoms with Crippen LogP contribution in [0.3, 0.4) is 0 Å². The van der Waals surface area contributed by atoms with Crippen molar-refractivity contribution in [3.63, 3.8) is 0 Å². The third-order valence-electron chi connectivity index (χ3n) is 8.78. The van der Waals surface area contributed by atoms with Crippen LogP contribution in [-0.4, -0.2) is 58.0 Å². The van der Waals surface area contributed by atoms with E-state index in [-0.39, 0.29) is 41.2 Å². The van der Waals surface area contributed by atoms with Crippen LogP contribution in [0.4, 0.5) is 10.1 Å². The molecule has 0 heterocycles. The number of sulfonamides is 1. The quantitative estimate of drug-likeness (QED) is 0.173. The summed E-state index contributed by atoms with van der Waals surface area (Å²) in [5.74, 6) is -0.955. The summed E-state index contributed by atoms with van der Waals surface area (Å²) in [4.78, 5) is 30.1. The highest BCUT2D eigenvalue weighted by Crippen LogP contribution is 2.32. The summed E-state index contributed by atoms with van der Waals surface area (Å²) in [6.45, 7) is 1.36. The number of nitrogens with one attached hydrogen (secondary N) is 1. The minimum absolute atomic E-state index is 0.00300. The van der Waals surface area contributed by atoms with Crippen LogP contribution in [0.1, 0.15) is 42.4 Å². The molecule has 2 amide bonds. The maximum atomic E-state index is 14.7. The molecule has 1 atom stereocenters. The number of anilines is 1. The molecule has 1 saturated carbocycles. The predicted molar refractivity (Wildman–Crippen MR) is 187 cm³/mol. The van der Waals surface area contributed by atoms with Gasteiger partial charge in [0.15, 0.2) is 11.5 Å². The number of methoxy groups -OCH3 is 2. The van der Waals surface area contributed by atoms with Crippen LogP contribution in [0.25, 0.3) is 0 Å². The lowest BCUT2D eigenvalue weighted by Crippen LogP contribution is -2.54. The Balaban J connectivity index is 1.57. The SMILES string of the molecule is COc1ccc(S(=O)(=O)N(CC(=O)N(Cc2ccc(C)cc2)[C@@H](Cc2ccccc2)C(=O)NC2CCCC2)c2ccc(F)cc2)cc1OC. The number of amides is 2. The Bertz CT molecular complexity index is 1830. The summed E-state index contributed by atoms with van der Waals surface area (Å²) in [5, 5.41) is 3.17. The van der Waals surface area contributed by atoms with Crippen LogP contribution in [0.2, 0.25) is 0 Å². The second-order valence-electron chi connectivity index (χ2n) is 12.2. The molecule has 49 heavy (non-hydrogen) atoms. The zero-order valence-electron chi connectivity index (χ0n) is 28.0. The molecule has 1 aliphatic rings. The van der Waals surface area contributed by atoms with Crippen LogP contribution in [0.5, 0.6) is 11.5 Å². The van der Waals surface area contributed by atoms with Crippen LogP contribution in [-0.2, 0) is 32.6 Å². The fourth-order valence-electron chi connectivity index (χ4n) is 6.05. The smallest absolute Gasteiger partial charge is 0.264 e. The number of halogens is 1. The van der Waals surface area contributed by atoms with Crippen LogP contribution >= 0.6 is 0 Å². The standard InChI is InChI=1S/C38H42FN3O6S/c1-27-13-15-29(16-14-27)25-41(34(23-28-9-5-4-6-10-28)38(44)40-31-11-7-8-12-31)37(43)26-42(32-19-17-30(39)18-20-32)49(45,46)33-21-22-35(47-2)36(24-33)48-3/h4-6,9-10,13-22,24,31,34H,7-8,11-12,23,25-26H2,1-3H3,(H,40,44)/t34-/m0/s1. The van der Waals surface area contributed by atoms with E-state index in [9.17, 15) is 22.4 Å². The van der Waals surface area contributed by atoms with Crippen molar-refractivity contribution in [3.8, 4) is 11.5 Å². The normalized spacial score (nSPS) is 13.8. The van der Waals surface area contributed by atoms with Gasteiger partial charge in [-0.25, -0.2) is 12.8 Å². The third-order valence-corrected chi connectivity index (χ3v) is 10.6. The lowest BCUT2D eigenvalue weighted by atomic mass is 10.0. The van der Waals surface area contributed by atoms with E-state index in [1.807, 2.05) is 61.5 Å². The van der Waals surface area contributed by atoms with E-state index in [2.05, 4.69) is 5.32 Å². The third kappa shape index (κ3) is 8.77. The van der Waals surface area contributed by atoms with E-state index in [0.29, 0.717) is 5.75 Å². The second-order valence-corrected chi connectivity index (χ2v) is 14.1. The van der Waals surface area contributed by atoms with E-state index >= 15 is 0 Å². The maximum absolute atomic E-state index is 14.7. The fraction of sp³-hybridized carbons (Fsp3) is 0.316. The second kappa shape index (κ2) is 16.0. The van der Waals surface area contributed by atoms with Gasteiger partial charge in [-0.2, -0.15) is 0 Å². The Morgan fingerprint density at radius 1 is 0.857 bits per heavy atom. The van der Waals surface area contributed by atoms with Gasteiger partial charge >= 0.3 is 0 Å². The predicted octanol–water partition coefficient (Wildman–Crippen LogP) is 6.05. The minimum Gasteiger partial charge on any atom is -0.493 e. The topological polar surface area (TPSA) is 105 Å². The number of rotatable bonds is 14. The molecular weight excluding hydrogens is 645 g/mol. The molecule has 4 aromatic rings. The number of ether oxygens (including phenoxy) is 2. The summed E-state index contributed by atoms with van der Waals surface area (Å²) in [6.07, 6.45) is 3.97. The van der Waals surface area contributed by atoms with Crippen molar-refractivity contribution in [3.05, 3.63) is 120 Å². The number of aryl methyl sites for hydroxylation is 1. The van der Waals surface area contributed by atoms with Gasteiger partial charge in [0.2, 0.25) is 11.8 Å². The lowest BCUT2D eigenvalue weighted by molar-refractivity contribution is -0.140. The zero-order chi connectivity index (χ0) is 35.0. The Morgan fingerprint density at radius 2 is 1.51 bits per heavy atom. The van der Waals surface area contributed by atoms with Crippen molar-refractivity contribution in [2.45, 2.75) is 62.6 Å². The van der Waals surface area contributed by atoms with Gasteiger partial charge < -0.3 is 19.7 Å². The molecule has 4 aromatic carbocycles. The molecule has 11 heteroatoms. The number of hydrogen-bond donors (Lipinski definition) is 1. The van der Waals surface area contributed by atoms with E-state index < -0.39 is 34.3 Å². The van der Waals surface area contributed by atoms with Gasteiger partial charge in [-0.1, -0.05) is 73.0 Å². The highest BCUT2D eigenvalue weighted by atomic mass is 32.2. The molecule has 1 fully saturated rings. The summed E-state index contributed by atoms with van der Waals surface area (Å²) >= 11 is 0. The fourth-order valence-corrected chi connectivity index (χ4v) is 7.48. The van der Waals surface area contributed by atoms with Gasteiger partial charge in [-0.15, -0.1) is 0 Å². The molecule has 258 valence electrons. The highest BCUT2D eigenvalue weighted by molar-refractivity contribution is 7.92. The van der Waals surface area contributed by atoms with Crippen LogP contribution in [0.15, 0.2) is 102 Å². The van der Waals surface area contributed by atoms with Gasteiger partial charge in [0.05, 0.1) is 24.8 Å². The van der Waals surface area contributed by atoms with Crippen molar-refractivity contribution in [1.29, 1.82) is 0 Å². The van der Waals surface area contributed by atoms with E-state index in [4.69, 9.17) is 9.47 Å². The molecule has 0 radical (unpaired) electrons. The minimum atomic E-state index is -4.43. The summed E-state index contributed by atoms with van der Waals surface area (Å²) < 4.78 is 54.4. The molecular formula is C38H42FN3O6S.